The molecule has 1 aromatic heterocycles. The Morgan fingerprint density at radius 1 is 1.07 bits per heavy atom. The van der Waals surface area contributed by atoms with Gasteiger partial charge in [-0.15, -0.1) is 5.10 Å². The van der Waals surface area contributed by atoms with Crippen LogP contribution in [0.5, 0.6) is 0 Å². The highest BCUT2D eigenvalue weighted by Crippen LogP contribution is 2.27. The van der Waals surface area contributed by atoms with Crippen molar-refractivity contribution in [3.63, 3.8) is 0 Å². The SMILES string of the molecule is Cc1ccccc1C(=O)Nc1nc(C2CCOCC2)nn1-c1ccccc1. The van der Waals surface area contributed by atoms with Crippen LogP contribution in [0.1, 0.15) is 40.5 Å². The molecule has 27 heavy (non-hydrogen) atoms. The van der Waals surface area contributed by atoms with Gasteiger partial charge in [-0.2, -0.15) is 9.67 Å². The molecular formula is C21H22N4O2. The van der Waals surface area contributed by atoms with Crippen LogP contribution in [0, 0.1) is 6.92 Å². The molecule has 1 fully saturated rings. The van der Waals surface area contributed by atoms with E-state index < -0.39 is 0 Å². The normalized spacial score (nSPS) is 14.9. The van der Waals surface area contributed by atoms with E-state index in [9.17, 15) is 4.79 Å². The third-order valence-corrected chi connectivity index (χ3v) is 4.83. The zero-order valence-electron chi connectivity index (χ0n) is 15.3. The Balaban J connectivity index is 1.68. The van der Waals surface area contributed by atoms with Crippen molar-refractivity contribution in [1.82, 2.24) is 14.8 Å². The first kappa shape index (κ1) is 17.4. The molecule has 1 aliphatic heterocycles. The van der Waals surface area contributed by atoms with Crippen molar-refractivity contribution in [2.75, 3.05) is 18.5 Å². The van der Waals surface area contributed by atoms with E-state index in [0.717, 1.165) is 43.1 Å². The van der Waals surface area contributed by atoms with Gasteiger partial charge in [0.25, 0.3) is 5.91 Å². The van der Waals surface area contributed by atoms with Gasteiger partial charge in [0.2, 0.25) is 5.95 Å². The highest BCUT2D eigenvalue weighted by atomic mass is 16.5. The lowest BCUT2D eigenvalue weighted by molar-refractivity contribution is 0.0836. The molecule has 0 unspecified atom stereocenters. The minimum Gasteiger partial charge on any atom is -0.381 e. The number of carbonyl (C=O) groups excluding carboxylic acids is 1. The second-order valence-corrected chi connectivity index (χ2v) is 6.70. The Morgan fingerprint density at radius 2 is 1.78 bits per heavy atom. The molecule has 0 bridgehead atoms. The molecule has 138 valence electrons. The third-order valence-electron chi connectivity index (χ3n) is 4.83. The number of ether oxygens (including phenoxy) is 1. The van der Waals surface area contributed by atoms with Crippen LogP contribution in [0.2, 0.25) is 0 Å². The van der Waals surface area contributed by atoms with Gasteiger partial charge in [0.05, 0.1) is 5.69 Å². The number of hydrogen-bond acceptors (Lipinski definition) is 4. The maximum atomic E-state index is 12.8. The first-order valence-corrected chi connectivity index (χ1v) is 9.19. The van der Waals surface area contributed by atoms with Crippen LogP contribution in [-0.4, -0.2) is 33.9 Å². The molecule has 0 spiro atoms. The number of nitrogens with one attached hydrogen (secondary N) is 1. The average molecular weight is 362 g/mol. The number of anilines is 1. The summed E-state index contributed by atoms with van der Waals surface area (Å²) in [5.41, 5.74) is 2.42. The Labute approximate surface area is 158 Å². The molecule has 0 aliphatic carbocycles. The number of aromatic nitrogens is 3. The summed E-state index contributed by atoms with van der Waals surface area (Å²) in [6.07, 6.45) is 1.79. The summed E-state index contributed by atoms with van der Waals surface area (Å²) in [6.45, 7) is 3.36. The second kappa shape index (κ2) is 7.72. The van der Waals surface area contributed by atoms with Crippen molar-refractivity contribution in [2.24, 2.45) is 0 Å². The predicted octanol–water partition coefficient (Wildman–Crippen LogP) is 3.72. The van der Waals surface area contributed by atoms with Crippen molar-refractivity contribution >= 4 is 11.9 Å². The van der Waals surface area contributed by atoms with Gasteiger partial charge in [0, 0.05) is 24.7 Å². The molecule has 2 heterocycles. The molecular weight excluding hydrogens is 340 g/mol. The predicted molar refractivity (Wildman–Crippen MR) is 103 cm³/mol. The fraction of sp³-hybridized carbons (Fsp3) is 0.286. The van der Waals surface area contributed by atoms with Crippen LogP contribution in [0.4, 0.5) is 5.95 Å². The Morgan fingerprint density at radius 3 is 2.52 bits per heavy atom. The number of benzene rings is 2. The molecule has 1 aliphatic rings. The molecule has 6 heteroatoms. The van der Waals surface area contributed by atoms with Gasteiger partial charge >= 0.3 is 0 Å². The van der Waals surface area contributed by atoms with E-state index in [0.29, 0.717) is 11.5 Å². The summed E-state index contributed by atoms with van der Waals surface area (Å²) in [7, 11) is 0. The maximum Gasteiger partial charge on any atom is 0.258 e. The Bertz CT molecular complexity index is 930. The Kier molecular flexibility index (Phi) is 4.98. The smallest absolute Gasteiger partial charge is 0.258 e. The summed E-state index contributed by atoms with van der Waals surface area (Å²) in [6, 6.07) is 17.2. The number of amides is 1. The number of carbonyl (C=O) groups is 1. The van der Waals surface area contributed by atoms with E-state index >= 15 is 0 Å². The van der Waals surface area contributed by atoms with Gasteiger partial charge in [-0.25, -0.2) is 0 Å². The minimum absolute atomic E-state index is 0.184. The fourth-order valence-corrected chi connectivity index (χ4v) is 3.28. The van der Waals surface area contributed by atoms with Gasteiger partial charge in [-0.3, -0.25) is 10.1 Å². The largest absolute Gasteiger partial charge is 0.381 e. The highest BCUT2D eigenvalue weighted by molar-refractivity contribution is 6.04. The van der Waals surface area contributed by atoms with Crippen LogP contribution < -0.4 is 5.32 Å². The first-order valence-electron chi connectivity index (χ1n) is 9.19. The average Bonchev–Trinajstić information content (AvgIpc) is 3.13. The second-order valence-electron chi connectivity index (χ2n) is 6.70. The quantitative estimate of drug-likeness (QED) is 0.768. The van der Waals surface area contributed by atoms with E-state index in [1.54, 1.807) is 4.68 Å². The molecule has 4 rings (SSSR count). The minimum atomic E-state index is -0.184. The van der Waals surface area contributed by atoms with Crippen molar-refractivity contribution in [2.45, 2.75) is 25.7 Å². The number of nitrogens with zero attached hydrogens (tertiary/aromatic N) is 3. The number of rotatable bonds is 4. The van der Waals surface area contributed by atoms with Gasteiger partial charge in [-0.1, -0.05) is 36.4 Å². The molecule has 1 saturated heterocycles. The summed E-state index contributed by atoms with van der Waals surface area (Å²) in [4.78, 5) is 17.5. The molecule has 1 N–H and O–H groups in total. The lowest BCUT2D eigenvalue weighted by atomic mass is 10.00. The van der Waals surface area contributed by atoms with Crippen molar-refractivity contribution in [3.8, 4) is 5.69 Å². The van der Waals surface area contributed by atoms with E-state index in [4.69, 9.17) is 9.84 Å². The zero-order valence-corrected chi connectivity index (χ0v) is 15.3. The molecule has 1 amide bonds. The summed E-state index contributed by atoms with van der Waals surface area (Å²) in [5, 5.41) is 7.65. The third kappa shape index (κ3) is 3.75. The number of hydrogen-bond donors (Lipinski definition) is 1. The van der Waals surface area contributed by atoms with Crippen molar-refractivity contribution < 1.29 is 9.53 Å². The fourth-order valence-electron chi connectivity index (χ4n) is 3.28. The standard InChI is InChI=1S/C21H22N4O2/c1-15-7-5-6-10-18(15)20(26)23-21-22-19(16-11-13-27-14-12-16)24-25(21)17-8-3-2-4-9-17/h2-10,16H,11-14H2,1H3,(H,22,23,24,26). The Hall–Kier alpha value is -2.99. The zero-order chi connectivity index (χ0) is 18.6. The monoisotopic (exact) mass is 362 g/mol. The van der Waals surface area contributed by atoms with Gasteiger partial charge in [0.15, 0.2) is 5.82 Å². The molecule has 0 radical (unpaired) electrons. The summed E-state index contributed by atoms with van der Waals surface area (Å²) >= 11 is 0. The van der Waals surface area contributed by atoms with Crippen LogP contribution in [0.15, 0.2) is 54.6 Å². The van der Waals surface area contributed by atoms with Crippen LogP contribution in [-0.2, 0) is 4.74 Å². The van der Waals surface area contributed by atoms with Gasteiger partial charge in [-0.05, 0) is 43.5 Å². The van der Waals surface area contributed by atoms with Gasteiger partial charge < -0.3 is 4.74 Å². The van der Waals surface area contributed by atoms with Crippen LogP contribution >= 0.6 is 0 Å². The summed E-state index contributed by atoms with van der Waals surface area (Å²) < 4.78 is 7.16. The van der Waals surface area contributed by atoms with Crippen LogP contribution in [0.3, 0.4) is 0 Å². The van der Waals surface area contributed by atoms with Crippen molar-refractivity contribution in [3.05, 3.63) is 71.5 Å². The van der Waals surface area contributed by atoms with E-state index in [2.05, 4.69) is 10.3 Å². The summed E-state index contributed by atoms with van der Waals surface area (Å²) in [5.74, 6) is 1.26. The molecule has 0 saturated carbocycles. The molecule has 6 nitrogen and oxygen atoms in total. The highest BCUT2D eigenvalue weighted by Gasteiger charge is 2.23. The molecule has 0 atom stereocenters. The lowest BCUT2D eigenvalue weighted by Crippen LogP contribution is -2.17. The first-order chi connectivity index (χ1) is 13.2. The lowest BCUT2D eigenvalue weighted by Gasteiger charge is -2.18. The maximum absolute atomic E-state index is 12.8. The van der Waals surface area contributed by atoms with E-state index in [-0.39, 0.29) is 11.8 Å². The van der Waals surface area contributed by atoms with Crippen molar-refractivity contribution in [1.29, 1.82) is 0 Å². The number of para-hydroxylation sites is 1. The van der Waals surface area contributed by atoms with E-state index in [1.165, 1.54) is 0 Å². The molecule has 2 aromatic carbocycles. The van der Waals surface area contributed by atoms with E-state index in [1.807, 2.05) is 61.5 Å². The van der Waals surface area contributed by atoms with Gasteiger partial charge in [0.1, 0.15) is 0 Å². The topological polar surface area (TPSA) is 69.0 Å². The number of aryl methyl sites for hydroxylation is 1. The molecule has 3 aromatic rings. The van der Waals surface area contributed by atoms with Crippen LogP contribution in [0.25, 0.3) is 5.69 Å².